The first-order chi connectivity index (χ1) is 27.9. The van der Waals surface area contributed by atoms with Gasteiger partial charge in [-0.3, -0.25) is 4.98 Å². The Bertz CT molecular complexity index is 3020. The monoisotopic (exact) mass is 729 g/mol. The van der Waals surface area contributed by atoms with Crippen molar-refractivity contribution in [2.75, 3.05) is 0 Å². The molecule has 0 atom stereocenters. The third-order valence-corrected chi connectivity index (χ3v) is 11.2. The van der Waals surface area contributed by atoms with Crippen molar-refractivity contribution in [2.45, 2.75) is 19.3 Å². The van der Waals surface area contributed by atoms with Crippen LogP contribution >= 0.6 is 0 Å². The Kier molecular flexibility index (Phi) is 8.13. The molecule has 0 bridgehead atoms. The van der Waals surface area contributed by atoms with E-state index in [4.69, 9.17) is 15.0 Å². The second-order valence-electron chi connectivity index (χ2n) is 15.1. The zero-order chi connectivity index (χ0) is 38.5. The number of nitriles is 1. The predicted molar refractivity (Wildman–Crippen MR) is 230 cm³/mol. The summed E-state index contributed by atoms with van der Waals surface area (Å²) in [4.78, 5) is 19.8. The number of hydrogen-bond donors (Lipinski definition) is 0. The maximum Gasteiger partial charge on any atom is 0.164 e. The molecule has 5 heteroatoms. The molecular weight excluding hydrogens is 695 g/mol. The van der Waals surface area contributed by atoms with Crippen LogP contribution in [0.5, 0.6) is 0 Å². The fourth-order valence-electron chi connectivity index (χ4n) is 8.14. The largest absolute Gasteiger partial charge is 0.264 e. The van der Waals surface area contributed by atoms with E-state index in [0.29, 0.717) is 23.0 Å². The van der Waals surface area contributed by atoms with Gasteiger partial charge in [0.1, 0.15) is 0 Å². The molecule has 2 aromatic heterocycles. The molecule has 0 fully saturated rings. The fraction of sp³-hybridized carbons (Fsp3) is 0.0577. The van der Waals surface area contributed by atoms with Gasteiger partial charge in [0, 0.05) is 40.1 Å². The van der Waals surface area contributed by atoms with Crippen LogP contribution in [0.15, 0.2) is 176 Å². The number of pyridine rings is 1. The Hall–Kier alpha value is -7.55. The van der Waals surface area contributed by atoms with Crippen LogP contribution in [0.2, 0.25) is 0 Å². The molecule has 7 aromatic carbocycles. The van der Waals surface area contributed by atoms with Crippen LogP contribution < -0.4 is 0 Å². The molecule has 0 saturated heterocycles. The lowest BCUT2D eigenvalue weighted by molar-refractivity contribution is 0.661. The minimum absolute atomic E-state index is 0.226. The third-order valence-electron chi connectivity index (χ3n) is 11.2. The lowest BCUT2D eigenvalue weighted by Gasteiger charge is -2.22. The van der Waals surface area contributed by atoms with Gasteiger partial charge in [-0.05, 0) is 115 Å². The molecule has 0 amide bonds. The first-order valence-electron chi connectivity index (χ1n) is 19.1. The molecule has 1 aliphatic rings. The highest BCUT2D eigenvalue weighted by molar-refractivity contribution is 5.95. The average Bonchev–Trinajstić information content (AvgIpc) is 3.50. The van der Waals surface area contributed by atoms with Crippen molar-refractivity contribution in [3.05, 3.63) is 193 Å². The summed E-state index contributed by atoms with van der Waals surface area (Å²) in [6, 6.07) is 59.1. The van der Waals surface area contributed by atoms with Crippen LogP contribution in [0.25, 0.3) is 89.4 Å². The van der Waals surface area contributed by atoms with Gasteiger partial charge in [0.15, 0.2) is 17.5 Å². The van der Waals surface area contributed by atoms with Gasteiger partial charge in [-0.1, -0.05) is 123 Å². The molecule has 0 aliphatic heterocycles. The van der Waals surface area contributed by atoms with Crippen LogP contribution in [-0.2, 0) is 5.41 Å². The number of hydrogen-bond acceptors (Lipinski definition) is 5. The highest BCUT2D eigenvalue weighted by atomic mass is 15.0. The highest BCUT2D eigenvalue weighted by Crippen LogP contribution is 2.51. The van der Waals surface area contributed by atoms with E-state index in [9.17, 15) is 5.26 Å². The Morgan fingerprint density at radius 2 is 0.982 bits per heavy atom. The molecule has 268 valence electrons. The van der Waals surface area contributed by atoms with E-state index in [1.54, 1.807) is 6.20 Å². The molecule has 9 aromatic rings. The van der Waals surface area contributed by atoms with Gasteiger partial charge >= 0.3 is 0 Å². The molecule has 0 spiro atoms. The minimum Gasteiger partial charge on any atom is -0.264 e. The summed E-state index contributed by atoms with van der Waals surface area (Å²) in [7, 11) is 0. The van der Waals surface area contributed by atoms with E-state index in [1.165, 1.54) is 22.3 Å². The van der Waals surface area contributed by atoms with Gasteiger partial charge in [-0.25, -0.2) is 15.0 Å². The van der Waals surface area contributed by atoms with Crippen LogP contribution in [0.1, 0.15) is 30.5 Å². The zero-order valence-electron chi connectivity index (χ0n) is 31.5. The van der Waals surface area contributed by atoms with Crippen molar-refractivity contribution in [2.24, 2.45) is 0 Å². The summed E-state index contributed by atoms with van der Waals surface area (Å²) in [5, 5.41) is 11.8. The third kappa shape index (κ3) is 6.14. The number of nitrogens with zero attached hydrogens (tertiary/aromatic N) is 5. The van der Waals surface area contributed by atoms with Crippen molar-refractivity contribution in [1.29, 1.82) is 5.26 Å². The predicted octanol–water partition coefficient (Wildman–Crippen LogP) is 12.6. The van der Waals surface area contributed by atoms with E-state index >= 15 is 0 Å². The van der Waals surface area contributed by atoms with Crippen LogP contribution in [0, 0.1) is 11.3 Å². The van der Waals surface area contributed by atoms with Crippen LogP contribution in [-0.4, -0.2) is 19.9 Å². The molecule has 57 heavy (non-hydrogen) atoms. The molecule has 10 rings (SSSR count). The standard InChI is InChI=1S/C52H35N5/c1-52(2)47-29-39(21-22-45(47)46-28-41-24-33(31-53)15-16-38(41)30-48(46)52)42-25-43(40-14-9-23-54-32-40)27-44(26-42)51-56-49(36-12-7-4-8-13-36)55-50(57-51)37-19-17-35(18-20-37)34-10-5-3-6-11-34/h3-30,32H,1-2H3. The zero-order valence-corrected chi connectivity index (χ0v) is 31.5. The summed E-state index contributed by atoms with van der Waals surface area (Å²) in [6.07, 6.45) is 3.70. The second-order valence-corrected chi connectivity index (χ2v) is 15.1. The number of rotatable bonds is 6. The molecule has 0 unspecified atom stereocenters. The minimum atomic E-state index is -0.226. The Morgan fingerprint density at radius 3 is 1.67 bits per heavy atom. The van der Waals surface area contributed by atoms with E-state index in [-0.39, 0.29) is 5.41 Å². The first kappa shape index (κ1) is 34.0. The lowest BCUT2D eigenvalue weighted by Crippen LogP contribution is -2.15. The smallest absolute Gasteiger partial charge is 0.164 e. The second kappa shape index (κ2) is 13.6. The van der Waals surface area contributed by atoms with Gasteiger partial charge in [0.25, 0.3) is 0 Å². The topological polar surface area (TPSA) is 75.3 Å². The maximum atomic E-state index is 9.57. The molecule has 0 saturated carbocycles. The van der Waals surface area contributed by atoms with Gasteiger partial charge in [0.05, 0.1) is 11.6 Å². The van der Waals surface area contributed by atoms with Crippen LogP contribution in [0.4, 0.5) is 0 Å². The number of aromatic nitrogens is 4. The Morgan fingerprint density at radius 1 is 0.421 bits per heavy atom. The SMILES string of the molecule is CC1(C)c2cc(-c3cc(-c4cccnc4)cc(-c4nc(-c5ccccc5)nc(-c5ccc(-c6ccccc6)cc5)n4)c3)ccc2-c2cc3cc(C#N)ccc3cc21. The van der Waals surface area contributed by atoms with Crippen molar-refractivity contribution in [3.8, 4) is 84.7 Å². The summed E-state index contributed by atoms with van der Waals surface area (Å²) in [5.74, 6) is 1.82. The number of benzene rings is 7. The summed E-state index contributed by atoms with van der Waals surface area (Å²) in [5.41, 5.74) is 14.6. The lowest BCUT2D eigenvalue weighted by atomic mass is 9.81. The van der Waals surface area contributed by atoms with Gasteiger partial charge in [-0.2, -0.15) is 5.26 Å². The quantitative estimate of drug-likeness (QED) is 0.170. The normalized spacial score (nSPS) is 12.5. The van der Waals surface area contributed by atoms with E-state index in [1.807, 2.05) is 60.8 Å². The summed E-state index contributed by atoms with van der Waals surface area (Å²) >= 11 is 0. The van der Waals surface area contributed by atoms with Crippen molar-refractivity contribution in [3.63, 3.8) is 0 Å². The van der Waals surface area contributed by atoms with Crippen molar-refractivity contribution < 1.29 is 0 Å². The molecular formula is C52H35N5. The molecule has 2 heterocycles. The van der Waals surface area contributed by atoms with Gasteiger partial charge in [0.2, 0.25) is 0 Å². The molecule has 1 aliphatic carbocycles. The summed E-state index contributed by atoms with van der Waals surface area (Å²) in [6.45, 7) is 4.61. The fourth-order valence-corrected chi connectivity index (χ4v) is 8.14. The van der Waals surface area contributed by atoms with Crippen molar-refractivity contribution >= 4 is 10.8 Å². The number of fused-ring (bicyclic) bond motifs is 4. The molecule has 0 radical (unpaired) electrons. The first-order valence-corrected chi connectivity index (χ1v) is 19.1. The molecule has 5 nitrogen and oxygen atoms in total. The van der Waals surface area contributed by atoms with Gasteiger partial charge in [-0.15, -0.1) is 0 Å². The van der Waals surface area contributed by atoms with E-state index in [2.05, 4.69) is 134 Å². The Labute approximate surface area is 331 Å². The molecule has 0 N–H and O–H groups in total. The van der Waals surface area contributed by atoms with E-state index in [0.717, 1.165) is 60.8 Å². The Balaban J connectivity index is 1.12. The highest BCUT2D eigenvalue weighted by Gasteiger charge is 2.36. The average molecular weight is 730 g/mol. The van der Waals surface area contributed by atoms with E-state index < -0.39 is 0 Å². The maximum absolute atomic E-state index is 9.57. The van der Waals surface area contributed by atoms with Gasteiger partial charge < -0.3 is 0 Å². The summed E-state index contributed by atoms with van der Waals surface area (Å²) < 4.78 is 0. The van der Waals surface area contributed by atoms with Crippen LogP contribution in [0.3, 0.4) is 0 Å². The van der Waals surface area contributed by atoms with Crippen molar-refractivity contribution in [1.82, 2.24) is 19.9 Å².